The second-order valence-corrected chi connectivity index (χ2v) is 6.75. The summed E-state index contributed by atoms with van der Waals surface area (Å²) in [7, 11) is 0. The van der Waals surface area contributed by atoms with Crippen molar-refractivity contribution < 1.29 is 4.79 Å². The predicted octanol–water partition coefficient (Wildman–Crippen LogP) is 4.42. The first-order valence-corrected chi connectivity index (χ1v) is 8.72. The van der Waals surface area contributed by atoms with Crippen LogP contribution >= 0.6 is 35.4 Å². The molecule has 0 spiro atoms. The zero-order valence-corrected chi connectivity index (χ0v) is 15.6. The van der Waals surface area contributed by atoms with Gasteiger partial charge in [-0.3, -0.25) is 4.79 Å². The van der Waals surface area contributed by atoms with Crippen molar-refractivity contribution in [3.8, 4) is 0 Å². The molecule has 0 saturated heterocycles. The molecule has 1 aliphatic heterocycles. The van der Waals surface area contributed by atoms with E-state index in [9.17, 15) is 4.79 Å². The monoisotopic (exact) mass is 391 g/mol. The first-order chi connectivity index (χ1) is 12.0. The molecular weight excluding hydrogens is 377 g/mol. The SMILES string of the molecule is CC1=C(C(=O)Nc2ccccc2Cl)C(c2ccccc2Cl)NC(=S)N1. The van der Waals surface area contributed by atoms with Crippen LogP contribution < -0.4 is 16.0 Å². The van der Waals surface area contributed by atoms with Crippen molar-refractivity contribution in [2.24, 2.45) is 0 Å². The lowest BCUT2D eigenvalue weighted by Gasteiger charge is -2.30. The molecule has 0 radical (unpaired) electrons. The lowest BCUT2D eigenvalue weighted by molar-refractivity contribution is -0.113. The quantitative estimate of drug-likeness (QED) is 0.677. The van der Waals surface area contributed by atoms with E-state index >= 15 is 0 Å². The minimum absolute atomic E-state index is 0.280. The maximum Gasteiger partial charge on any atom is 0.255 e. The number of anilines is 1. The van der Waals surface area contributed by atoms with Gasteiger partial charge < -0.3 is 16.0 Å². The van der Waals surface area contributed by atoms with E-state index in [1.54, 1.807) is 37.3 Å². The van der Waals surface area contributed by atoms with Gasteiger partial charge in [-0.15, -0.1) is 0 Å². The molecule has 3 rings (SSSR count). The highest BCUT2D eigenvalue weighted by molar-refractivity contribution is 7.80. The van der Waals surface area contributed by atoms with Crippen molar-refractivity contribution in [1.29, 1.82) is 0 Å². The van der Waals surface area contributed by atoms with E-state index in [0.717, 1.165) is 5.56 Å². The van der Waals surface area contributed by atoms with Crippen molar-refractivity contribution in [1.82, 2.24) is 10.6 Å². The fourth-order valence-electron chi connectivity index (χ4n) is 2.69. The van der Waals surface area contributed by atoms with Crippen LogP contribution in [0.3, 0.4) is 0 Å². The van der Waals surface area contributed by atoms with Crippen molar-refractivity contribution in [2.75, 3.05) is 5.32 Å². The Morgan fingerprint density at radius 3 is 2.40 bits per heavy atom. The number of nitrogens with one attached hydrogen (secondary N) is 3. The molecule has 1 atom stereocenters. The first kappa shape index (κ1) is 17.7. The molecule has 25 heavy (non-hydrogen) atoms. The minimum atomic E-state index is -0.454. The van der Waals surface area contributed by atoms with Crippen molar-refractivity contribution >= 4 is 52.1 Å². The van der Waals surface area contributed by atoms with E-state index < -0.39 is 6.04 Å². The molecule has 128 valence electrons. The fourth-order valence-corrected chi connectivity index (χ4v) is 3.39. The number of rotatable bonds is 3. The highest BCUT2D eigenvalue weighted by Gasteiger charge is 2.31. The number of carbonyl (C=O) groups excluding carboxylic acids is 1. The zero-order chi connectivity index (χ0) is 18.0. The number of hydrogen-bond acceptors (Lipinski definition) is 2. The van der Waals surface area contributed by atoms with Crippen molar-refractivity contribution in [3.05, 3.63) is 75.4 Å². The summed E-state index contributed by atoms with van der Waals surface area (Å²) < 4.78 is 0. The molecule has 1 aliphatic rings. The lowest BCUT2D eigenvalue weighted by atomic mass is 9.95. The first-order valence-electron chi connectivity index (χ1n) is 7.56. The van der Waals surface area contributed by atoms with Crippen LogP contribution in [0.15, 0.2) is 59.8 Å². The average molecular weight is 392 g/mol. The average Bonchev–Trinajstić information content (AvgIpc) is 2.56. The van der Waals surface area contributed by atoms with Gasteiger partial charge in [0.05, 0.1) is 22.3 Å². The van der Waals surface area contributed by atoms with Gasteiger partial charge in [0.1, 0.15) is 0 Å². The van der Waals surface area contributed by atoms with Crippen LogP contribution in [0.5, 0.6) is 0 Å². The van der Waals surface area contributed by atoms with E-state index in [0.29, 0.717) is 32.1 Å². The van der Waals surface area contributed by atoms with Gasteiger partial charge in [-0.05, 0) is 42.9 Å². The zero-order valence-electron chi connectivity index (χ0n) is 13.3. The topological polar surface area (TPSA) is 53.2 Å². The summed E-state index contributed by atoms with van der Waals surface area (Å²) in [6.07, 6.45) is 0. The molecule has 2 aromatic carbocycles. The van der Waals surface area contributed by atoms with Crippen molar-refractivity contribution in [3.63, 3.8) is 0 Å². The summed E-state index contributed by atoms with van der Waals surface area (Å²) in [5.41, 5.74) is 2.48. The molecule has 3 N–H and O–H groups in total. The van der Waals surface area contributed by atoms with E-state index in [-0.39, 0.29) is 5.91 Å². The van der Waals surface area contributed by atoms with Crippen LogP contribution in [0.4, 0.5) is 5.69 Å². The fraction of sp³-hybridized carbons (Fsp3) is 0.111. The van der Waals surface area contributed by atoms with Gasteiger partial charge >= 0.3 is 0 Å². The Balaban J connectivity index is 1.99. The summed E-state index contributed by atoms with van der Waals surface area (Å²) in [5.74, 6) is -0.280. The number of hydrogen-bond donors (Lipinski definition) is 3. The summed E-state index contributed by atoms with van der Waals surface area (Å²) in [6.45, 7) is 1.80. The Labute approximate surface area is 161 Å². The summed E-state index contributed by atoms with van der Waals surface area (Å²) in [4.78, 5) is 12.9. The summed E-state index contributed by atoms with van der Waals surface area (Å²) >= 11 is 17.7. The van der Waals surface area contributed by atoms with Crippen LogP contribution in [0.2, 0.25) is 10.0 Å². The van der Waals surface area contributed by atoms with Gasteiger partial charge in [-0.25, -0.2) is 0 Å². The van der Waals surface area contributed by atoms with Crippen LogP contribution in [-0.4, -0.2) is 11.0 Å². The van der Waals surface area contributed by atoms with Gasteiger partial charge in [0.2, 0.25) is 0 Å². The van der Waals surface area contributed by atoms with E-state index in [2.05, 4.69) is 16.0 Å². The summed E-state index contributed by atoms with van der Waals surface area (Å²) in [5, 5.41) is 10.4. The molecular formula is C18H15Cl2N3OS. The number of benzene rings is 2. The normalized spacial score (nSPS) is 16.9. The number of halogens is 2. The molecule has 4 nitrogen and oxygen atoms in total. The van der Waals surface area contributed by atoms with Gasteiger partial charge in [-0.1, -0.05) is 53.5 Å². The van der Waals surface area contributed by atoms with Gasteiger partial charge in [0, 0.05) is 10.7 Å². The Morgan fingerprint density at radius 1 is 1.08 bits per heavy atom. The molecule has 7 heteroatoms. The van der Waals surface area contributed by atoms with E-state index in [4.69, 9.17) is 35.4 Å². The molecule has 0 saturated carbocycles. The third-order valence-electron chi connectivity index (χ3n) is 3.85. The Morgan fingerprint density at radius 2 is 1.72 bits per heavy atom. The third kappa shape index (κ3) is 3.79. The van der Waals surface area contributed by atoms with Crippen LogP contribution in [0.25, 0.3) is 0 Å². The molecule has 2 aromatic rings. The van der Waals surface area contributed by atoms with Crippen LogP contribution in [-0.2, 0) is 4.79 Å². The highest BCUT2D eigenvalue weighted by Crippen LogP contribution is 2.32. The predicted molar refractivity (Wildman–Crippen MR) is 106 cm³/mol. The largest absolute Gasteiger partial charge is 0.351 e. The standard InChI is InChI=1S/C18H15Cl2N3OS/c1-10-15(17(24)22-14-9-5-4-8-13(14)20)16(23-18(25)21-10)11-6-2-3-7-12(11)19/h2-9,16H,1H3,(H,22,24)(H2,21,23,25). The van der Waals surface area contributed by atoms with Gasteiger partial charge in [0.15, 0.2) is 5.11 Å². The second-order valence-electron chi connectivity index (χ2n) is 5.53. The molecule has 1 unspecified atom stereocenters. The van der Waals surface area contributed by atoms with Crippen LogP contribution in [0.1, 0.15) is 18.5 Å². The summed E-state index contributed by atoms with van der Waals surface area (Å²) in [6, 6.07) is 14.0. The van der Waals surface area contributed by atoms with Gasteiger partial charge in [-0.2, -0.15) is 0 Å². The molecule has 1 amide bonds. The highest BCUT2D eigenvalue weighted by atomic mass is 35.5. The molecule has 0 fully saturated rings. The Kier molecular flexibility index (Phi) is 5.27. The van der Waals surface area contributed by atoms with E-state index in [1.807, 2.05) is 18.2 Å². The van der Waals surface area contributed by atoms with Gasteiger partial charge in [0.25, 0.3) is 5.91 Å². The third-order valence-corrected chi connectivity index (χ3v) is 4.75. The number of amides is 1. The molecule has 0 aromatic heterocycles. The molecule has 1 heterocycles. The number of carbonyl (C=O) groups is 1. The maximum absolute atomic E-state index is 12.9. The number of para-hydroxylation sites is 1. The molecule has 0 bridgehead atoms. The Bertz CT molecular complexity index is 882. The van der Waals surface area contributed by atoms with Crippen LogP contribution in [0, 0.1) is 0 Å². The second kappa shape index (κ2) is 7.44. The number of thiocarbonyl (C=S) groups is 1. The number of allylic oxidation sites excluding steroid dienone is 1. The molecule has 0 aliphatic carbocycles. The smallest absolute Gasteiger partial charge is 0.255 e. The van der Waals surface area contributed by atoms with E-state index in [1.165, 1.54) is 0 Å². The Hall–Kier alpha value is -2.08. The minimum Gasteiger partial charge on any atom is -0.351 e. The van der Waals surface area contributed by atoms with Crippen molar-refractivity contribution in [2.45, 2.75) is 13.0 Å². The lowest BCUT2D eigenvalue weighted by Crippen LogP contribution is -2.45. The maximum atomic E-state index is 12.9.